The van der Waals surface area contributed by atoms with Crippen LogP contribution >= 0.6 is 0 Å². The number of aromatic hydroxyl groups is 1. The van der Waals surface area contributed by atoms with Crippen LogP contribution in [0.15, 0.2) is 35.3 Å². The number of aromatic nitrogens is 1. The third-order valence-electron chi connectivity index (χ3n) is 4.60. The van der Waals surface area contributed by atoms with Gasteiger partial charge in [0, 0.05) is 32.5 Å². The molecule has 11 nitrogen and oxygen atoms in total. The lowest BCUT2D eigenvalue weighted by Gasteiger charge is -2.37. The van der Waals surface area contributed by atoms with Crippen LogP contribution in [-0.4, -0.2) is 66.4 Å². The minimum Gasteiger partial charge on any atom is -0.502 e. The SMILES string of the molecule is COCCN1CN(C)n2cc(C(=O)NNC(=O)c3ccc(F)cc3)c(=O)c(O)c2C1=O. The molecule has 164 valence electrons. The molecule has 0 unspecified atom stereocenters. The Balaban J connectivity index is 1.82. The fraction of sp³-hybridized carbons (Fsp3) is 0.263. The summed E-state index contributed by atoms with van der Waals surface area (Å²) in [5.74, 6) is -3.76. The fourth-order valence-corrected chi connectivity index (χ4v) is 2.98. The molecular formula is C19H20FN5O6. The number of nitrogens with one attached hydrogen (secondary N) is 2. The Labute approximate surface area is 175 Å². The van der Waals surface area contributed by atoms with Gasteiger partial charge in [-0.1, -0.05) is 0 Å². The molecule has 12 heteroatoms. The smallest absolute Gasteiger partial charge is 0.277 e. The summed E-state index contributed by atoms with van der Waals surface area (Å²) in [6.07, 6.45) is 1.10. The van der Waals surface area contributed by atoms with E-state index >= 15 is 0 Å². The van der Waals surface area contributed by atoms with Crippen LogP contribution in [0.2, 0.25) is 0 Å². The first-order valence-corrected chi connectivity index (χ1v) is 9.09. The molecule has 1 aromatic heterocycles. The van der Waals surface area contributed by atoms with Crippen LogP contribution in [0.1, 0.15) is 31.2 Å². The van der Waals surface area contributed by atoms with E-state index in [0.29, 0.717) is 0 Å². The zero-order chi connectivity index (χ0) is 22.7. The maximum absolute atomic E-state index is 13.0. The lowest BCUT2D eigenvalue weighted by molar-refractivity contribution is 0.0629. The van der Waals surface area contributed by atoms with Crippen LogP contribution in [0.25, 0.3) is 0 Å². The van der Waals surface area contributed by atoms with Gasteiger partial charge in [-0.15, -0.1) is 0 Å². The Morgan fingerprint density at radius 2 is 1.81 bits per heavy atom. The van der Waals surface area contributed by atoms with Crippen molar-refractivity contribution in [2.75, 3.05) is 39.0 Å². The third-order valence-corrected chi connectivity index (χ3v) is 4.60. The van der Waals surface area contributed by atoms with E-state index in [1.54, 1.807) is 7.05 Å². The number of amides is 3. The molecule has 0 bridgehead atoms. The van der Waals surface area contributed by atoms with Crippen molar-refractivity contribution in [2.24, 2.45) is 0 Å². The number of carbonyl (C=O) groups is 3. The van der Waals surface area contributed by atoms with Gasteiger partial charge in [0.05, 0.1) is 6.61 Å². The number of benzene rings is 1. The average molecular weight is 433 g/mol. The van der Waals surface area contributed by atoms with Crippen molar-refractivity contribution >= 4 is 17.7 Å². The third kappa shape index (κ3) is 4.33. The summed E-state index contributed by atoms with van der Waals surface area (Å²) >= 11 is 0. The van der Waals surface area contributed by atoms with Crippen molar-refractivity contribution < 1.29 is 28.6 Å². The van der Waals surface area contributed by atoms with Gasteiger partial charge in [0.15, 0.2) is 11.4 Å². The number of fused-ring (bicyclic) bond motifs is 1. The number of ether oxygens (including phenoxy) is 1. The molecular weight excluding hydrogens is 413 g/mol. The summed E-state index contributed by atoms with van der Waals surface area (Å²) in [5.41, 5.74) is 2.38. The first-order chi connectivity index (χ1) is 14.7. The predicted molar refractivity (Wildman–Crippen MR) is 106 cm³/mol. The first-order valence-electron chi connectivity index (χ1n) is 9.09. The van der Waals surface area contributed by atoms with Gasteiger partial charge in [0.25, 0.3) is 17.7 Å². The average Bonchev–Trinajstić information content (AvgIpc) is 2.75. The standard InChI is InChI=1S/C19H20FN5O6/c1-23-10-24(7-8-31-2)19(30)14-16(27)15(26)13(9-25(14)23)18(29)22-21-17(28)11-3-5-12(20)6-4-11/h3-6,9,27H,7-8,10H2,1-2H3,(H,21,28)(H,22,29). The van der Waals surface area contributed by atoms with E-state index in [1.165, 1.54) is 33.8 Å². The van der Waals surface area contributed by atoms with Crippen LogP contribution in [0.3, 0.4) is 0 Å². The Hall–Kier alpha value is -3.93. The predicted octanol–water partition coefficient (Wildman–Crippen LogP) is -0.605. The van der Waals surface area contributed by atoms with Gasteiger partial charge >= 0.3 is 0 Å². The molecule has 0 spiro atoms. The van der Waals surface area contributed by atoms with Gasteiger partial charge in [-0.3, -0.25) is 39.7 Å². The van der Waals surface area contributed by atoms with E-state index in [0.717, 1.165) is 18.3 Å². The first kappa shape index (κ1) is 21.8. The number of halogens is 1. The van der Waals surface area contributed by atoms with E-state index in [-0.39, 0.29) is 31.1 Å². The highest BCUT2D eigenvalue weighted by molar-refractivity contribution is 6.01. The van der Waals surface area contributed by atoms with Crippen LogP contribution in [-0.2, 0) is 4.74 Å². The maximum atomic E-state index is 13.0. The van der Waals surface area contributed by atoms with Crippen molar-refractivity contribution in [1.82, 2.24) is 20.4 Å². The zero-order valence-electron chi connectivity index (χ0n) is 16.7. The molecule has 1 aromatic carbocycles. The largest absolute Gasteiger partial charge is 0.502 e. The number of rotatable bonds is 5. The summed E-state index contributed by atoms with van der Waals surface area (Å²) in [5, 5.41) is 11.9. The second-order valence-corrected chi connectivity index (χ2v) is 6.69. The summed E-state index contributed by atoms with van der Waals surface area (Å²) in [7, 11) is 3.07. The van der Waals surface area contributed by atoms with Crippen LogP contribution in [0.5, 0.6) is 5.75 Å². The van der Waals surface area contributed by atoms with E-state index in [9.17, 15) is 28.7 Å². The lowest BCUT2D eigenvalue weighted by atomic mass is 10.2. The van der Waals surface area contributed by atoms with Gasteiger partial charge in [0.1, 0.15) is 18.0 Å². The molecule has 1 aliphatic rings. The Kier molecular flexibility index (Phi) is 6.20. The zero-order valence-corrected chi connectivity index (χ0v) is 16.7. The highest BCUT2D eigenvalue weighted by Crippen LogP contribution is 2.20. The fourth-order valence-electron chi connectivity index (χ4n) is 2.98. The van der Waals surface area contributed by atoms with Crippen molar-refractivity contribution in [3.05, 3.63) is 63.3 Å². The quantitative estimate of drug-likeness (QED) is 0.536. The minimum atomic E-state index is -1.07. The molecule has 1 aliphatic heterocycles. The lowest BCUT2D eigenvalue weighted by Crippen LogP contribution is -2.53. The summed E-state index contributed by atoms with van der Waals surface area (Å²) < 4.78 is 19.1. The van der Waals surface area contributed by atoms with Gasteiger partial charge in [-0.25, -0.2) is 4.39 Å². The van der Waals surface area contributed by atoms with E-state index in [2.05, 4.69) is 10.9 Å². The summed E-state index contributed by atoms with van der Waals surface area (Å²) in [4.78, 5) is 51.0. The topological polar surface area (TPSA) is 133 Å². The molecule has 3 N–H and O–H groups in total. The second kappa shape index (κ2) is 8.83. The normalized spacial score (nSPS) is 13.1. The Morgan fingerprint density at radius 3 is 2.45 bits per heavy atom. The van der Waals surface area contributed by atoms with Crippen LogP contribution in [0, 0.1) is 5.82 Å². The number of pyridine rings is 1. The maximum Gasteiger partial charge on any atom is 0.277 e. The molecule has 0 fully saturated rings. The number of hydrazine groups is 1. The summed E-state index contributed by atoms with van der Waals surface area (Å²) in [6.45, 7) is 0.629. The van der Waals surface area contributed by atoms with Gasteiger partial charge in [-0.2, -0.15) is 0 Å². The number of hydrogen-bond donors (Lipinski definition) is 3. The highest BCUT2D eigenvalue weighted by atomic mass is 19.1. The molecule has 31 heavy (non-hydrogen) atoms. The second-order valence-electron chi connectivity index (χ2n) is 6.69. The number of carbonyl (C=O) groups excluding carboxylic acids is 3. The number of methoxy groups -OCH3 is 1. The Morgan fingerprint density at radius 1 is 1.16 bits per heavy atom. The number of nitrogens with zero attached hydrogens (tertiary/aromatic N) is 3. The molecule has 0 aliphatic carbocycles. The highest BCUT2D eigenvalue weighted by Gasteiger charge is 2.33. The molecule has 0 saturated heterocycles. The molecule has 0 saturated carbocycles. The van der Waals surface area contributed by atoms with E-state index < -0.39 is 40.3 Å². The molecule has 0 radical (unpaired) electrons. The van der Waals surface area contributed by atoms with Crippen LogP contribution < -0.4 is 21.3 Å². The summed E-state index contributed by atoms with van der Waals surface area (Å²) in [6, 6.07) is 4.58. The van der Waals surface area contributed by atoms with Crippen LogP contribution in [0.4, 0.5) is 4.39 Å². The molecule has 2 aromatic rings. The molecule has 3 amide bonds. The van der Waals surface area contributed by atoms with Crippen molar-refractivity contribution in [3.8, 4) is 5.75 Å². The van der Waals surface area contributed by atoms with Crippen molar-refractivity contribution in [2.45, 2.75) is 0 Å². The number of hydrogen-bond acceptors (Lipinski definition) is 7. The van der Waals surface area contributed by atoms with Crippen molar-refractivity contribution in [3.63, 3.8) is 0 Å². The Bertz CT molecular complexity index is 1080. The van der Waals surface area contributed by atoms with Gasteiger partial charge in [0.2, 0.25) is 5.43 Å². The molecule has 0 atom stereocenters. The molecule has 2 heterocycles. The van der Waals surface area contributed by atoms with E-state index in [4.69, 9.17) is 4.74 Å². The monoisotopic (exact) mass is 433 g/mol. The van der Waals surface area contributed by atoms with Gasteiger partial charge < -0.3 is 14.7 Å². The van der Waals surface area contributed by atoms with Crippen molar-refractivity contribution in [1.29, 1.82) is 0 Å². The minimum absolute atomic E-state index is 0.0770. The molecule has 3 rings (SSSR count). The van der Waals surface area contributed by atoms with E-state index in [1.807, 2.05) is 0 Å². The van der Waals surface area contributed by atoms with Gasteiger partial charge in [-0.05, 0) is 24.3 Å².